The predicted octanol–water partition coefficient (Wildman–Crippen LogP) is 3.29. The zero-order valence-electron chi connectivity index (χ0n) is 10.7. The van der Waals surface area contributed by atoms with E-state index in [2.05, 4.69) is 4.98 Å². The standard InChI is InChI=1S/C13H14N2O4/c1-9(2)12-7-14-13(19-12)8-18-11-5-3-4-10(6-11)15(16)17/h3-7,9H,8H2,1-2H3. The van der Waals surface area contributed by atoms with Crippen LogP contribution < -0.4 is 4.74 Å². The summed E-state index contributed by atoms with van der Waals surface area (Å²) in [6.07, 6.45) is 1.66. The topological polar surface area (TPSA) is 78.4 Å². The molecule has 1 aromatic carbocycles. The first-order chi connectivity index (χ1) is 9.06. The fraction of sp³-hybridized carbons (Fsp3) is 0.308. The average Bonchev–Trinajstić information content (AvgIpc) is 2.85. The third-order valence-corrected chi connectivity index (χ3v) is 2.53. The minimum absolute atomic E-state index is 0.00669. The van der Waals surface area contributed by atoms with Gasteiger partial charge in [-0.15, -0.1) is 0 Å². The largest absolute Gasteiger partial charge is 0.484 e. The van der Waals surface area contributed by atoms with Gasteiger partial charge in [0.2, 0.25) is 5.89 Å². The number of nitro groups is 1. The second-order valence-corrected chi connectivity index (χ2v) is 4.35. The van der Waals surface area contributed by atoms with Gasteiger partial charge < -0.3 is 9.15 Å². The Morgan fingerprint density at radius 3 is 2.89 bits per heavy atom. The van der Waals surface area contributed by atoms with Gasteiger partial charge in [0.05, 0.1) is 17.2 Å². The third-order valence-electron chi connectivity index (χ3n) is 2.53. The summed E-state index contributed by atoms with van der Waals surface area (Å²) < 4.78 is 10.9. The number of hydrogen-bond donors (Lipinski definition) is 0. The molecular formula is C13H14N2O4. The molecule has 0 N–H and O–H groups in total. The predicted molar refractivity (Wildman–Crippen MR) is 68.0 cm³/mol. The molecule has 2 rings (SSSR count). The van der Waals surface area contributed by atoms with E-state index < -0.39 is 4.92 Å². The maximum atomic E-state index is 10.6. The maximum Gasteiger partial charge on any atom is 0.273 e. The van der Waals surface area contributed by atoms with Crippen molar-refractivity contribution in [3.05, 3.63) is 52.2 Å². The highest BCUT2D eigenvalue weighted by Gasteiger charge is 2.09. The van der Waals surface area contributed by atoms with Gasteiger partial charge in [-0.2, -0.15) is 0 Å². The first-order valence-corrected chi connectivity index (χ1v) is 5.88. The average molecular weight is 262 g/mol. The molecule has 0 aliphatic heterocycles. The van der Waals surface area contributed by atoms with E-state index in [0.29, 0.717) is 11.6 Å². The smallest absolute Gasteiger partial charge is 0.273 e. The lowest BCUT2D eigenvalue weighted by molar-refractivity contribution is -0.384. The fourth-order valence-corrected chi connectivity index (χ4v) is 1.49. The molecule has 6 nitrogen and oxygen atoms in total. The summed E-state index contributed by atoms with van der Waals surface area (Å²) in [5.41, 5.74) is -0.00669. The molecule has 0 saturated carbocycles. The molecule has 0 aliphatic carbocycles. The summed E-state index contributed by atoms with van der Waals surface area (Å²) in [6.45, 7) is 4.16. The summed E-state index contributed by atoms with van der Waals surface area (Å²) >= 11 is 0. The number of nitro benzene ring substituents is 1. The molecule has 0 amide bonds. The van der Waals surface area contributed by atoms with Crippen molar-refractivity contribution in [2.75, 3.05) is 0 Å². The molecule has 100 valence electrons. The Balaban J connectivity index is 2.01. The van der Waals surface area contributed by atoms with Gasteiger partial charge in [-0.3, -0.25) is 10.1 Å². The number of hydrogen-bond acceptors (Lipinski definition) is 5. The summed E-state index contributed by atoms with van der Waals surface area (Å²) in [4.78, 5) is 14.2. The Bertz CT molecular complexity index is 578. The van der Waals surface area contributed by atoms with E-state index in [-0.39, 0.29) is 18.2 Å². The molecule has 2 aromatic rings. The van der Waals surface area contributed by atoms with E-state index in [4.69, 9.17) is 9.15 Å². The molecule has 0 saturated heterocycles. The second-order valence-electron chi connectivity index (χ2n) is 4.35. The van der Waals surface area contributed by atoms with Crippen LogP contribution in [0, 0.1) is 10.1 Å². The Labute approximate surface area is 110 Å². The normalized spacial score (nSPS) is 10.7. The Hall–Kier alpha value is -2.37. The summed E-state index contributed by atoms with van der Waals surface area (Å²) in [5, 5.41) is 10.6. The summed E-state index contributed by atoms with van der Waals surface area (Å²) in [5.74, 6) is 1.92. The van der Waals surface area contributed by atoms with Gasteiger partial charge >= 0.3 is 0 Å². The molecule has 0 spiro atoms. The molecule has 0 unspecified atom stereocenters. The number of rotatable bonds is 5. The van der Waals surface area contributed by atoms with Crippen molar-refractivity contribution < 1.29 is 14.1 Å². The van der Waals surface area contributed by atoms with Crippen LogP contribution in [0.4, 0.5) is 5.69 Å². The van der Waals surface area contributed by atoms with Crippen LogP contribution in [-0.4, -0.2) is 9.91 Å². The van der Waals surface area contributed by atoms with Crippen molar-refractivity contribution in [2.24, 2.45) is 0 Å². The van der Waals surface area contributed by atoms with E-state index >= 15 is 0 Å². The molecule has 6 heteroatoms. The SMILES string of the molecule is CC(C)c1cnc(COc2cccc([N+](=O)[O-])c2)o1. The highest BCUT2D eigenvalue weighted by molar-refractivity contribution is 5.37. The third kappa shape index (κ3) is 3.31. The van der Waals surface area contributed by atoms with Crippen LogP contribution in [0.15, 0.2) is 34.9 Å². The lowest BCUT2D eigenvalue weighted by Gasteiger charge is -2.03. The van der Waals surface area contributed by atoms with Gasteiger partial charge in [0.25, 0.3) is 5.69 Å². The van der Waals surface area contributed by atoms with Crippen molar-refractivity contribution in [1.29, 1.82) is 0 Å². The van der Waals surface area contributed by atoms with Crippen LogP contribution in [0.5, 0.6) is 5.75 Å². The summed E-state index contributed by atoms with van der Waals surface area (Å²) in [6, 6.07) is 6.00. The molecule has 1 aromatic heterocycles. The zero-order valence-corrected chi connectivity index (χ0v) is 10.7. The van der Waals surface area contributed by atoms with E-state index in [0.717, 1.165) is 5.76 Å². The van der Waals surface area contributed by atoms with E-state index in [1.807, 2.05) is 13.8 Å². The van der Waals surface area contributed by atoms with E-state index in [1.165, 1.54) is 12.1 Å². The molecular weight excluding hydrogens is 248 g/mol. The van der Waals surface area contributed by atoms with Gasteiger partial charge in [0.1, 0.15) is 11.5 Å². The van der Waals surface area contributed by atoms with Gasteiger partial charge in [-0.25, -0.2) is 4.98 Å². The van der Waals surface area contributed by atoms with Crippen LogP contribution in [0.25, 0.3) is 0 Å². The van der Waals surface area contributed by atoms with Crippen molar-refractivity contribution >= 4 is 5.69 Å². The quantitative estimate of drug-likeness (QED) is 0.610. The Morgan fingerprint density at radius 2 is 2.26 bits per heavy atom. The summed E-state index contributed by atoms with van der Waals surface area (Å²) in [7, 11) is 0. The number of non-ortho nitro benzene ring substituents is 1. The van der Waals surface area contributed by atoms with Crippen molar-refractivity contribution in [1.82, 2.24) is 4.98 Å². The minimum atomic E-state index is -0.463. The molecule has 0 atom stereocenters. The first-order valence-electron chi connectivity index (χ1n) is 5.88. The molecule has 0 aliphatic rings. The molecule has 0 bridgehead atoms. The van der Waals surface area contributed by atoms with Crippen LogP contribution in [0.3, 0.4) is 0 Å². The van der Waals surface area contributed by atoms with E-state index in [9.17, 15) is 10.1 Å². The maximum absolute atomic E-state index is 10.6. The monoisotopic (exact) mass is 262 g/mol. The zero-order chi connectivity index (χ0) is 13.8. The number of ether oxygens (including phenoxy) is 1. The van der Waals surface area contributed by atoms with Crippen LogP contribution in [0.1, 0.15) is 31.4 Å². The van der Waals surface area contributed by atoms with Crippen LogP contribution in [-0.2, 0) is 6.61 Å². The minimum Gasteiger partial charge on any atom is -0.484 e. The molecule has 0 radical (unpaired) electrons. The van der Waals surface area contributed by atoms with E-state index in [1.54, 1.807) is 18.3 Å². The Morgan fingerprint density at radius 1 is 1.47 bits per heavy atom. The van der Waals surface area contributed by atoms with Crippen molar-refractivity contribution in [3.63, 3.8) is 0 Å². The van der Waals surface area contributed by atoms with Gasteiger partial charge in [-0.1, -0.05) is 19.9 Å². The second kappa shape index (κ2) is 5.51. The molecule has 19 heavy (non-hydrogen) atoms. The number of benzene rings is 1. The van der Waals surface area contributed by atoms with Crippen molar-refractivity contribution in [3.8, 4) is 5.75 Å². The number of aromatic nitrogens is 1. The highest BCUT2D eigenvalue weighted by Crippen LogP contribution is 2.21. The van der Waals surface area contributed by atoms with Crippen LogP contribution in [0.2, 0.25) is 0 Å². The molecule has 1 heterocycles. The number of nitrogens with zero attached hydrogens (tertiary/aromatic N) is 2. The number of oxazole rings is 1. The van der Waals surface area contributed by atoms with Gasteiger partial charge in [0, 0.05) is 12.0 Å². The lowest BCUT2D eigenvalue weighted by Crippen LogP contribution is -1.96. The molecule has 0 fully saturated rings. The van der Waals surface area contributed by atoms with Gasteiger partial charge in [-0.05, 0) is 6.07 Å². The Kier molecular flexibility index (Phi) is 3.79. The highest BCUT2D eigenvalue weighted by atomic mass is 16.6. The van der Waals surface area contributed by atoms with Crippen LogP contribution >= 0.6 is 0 Å². The van der Waals surface area contributed by atoms with Gasteiger partial charge in [0.15, 0.2) is 6.61 Å². The van der Waals surface area contributed by atoms with Crippen molar-refractivity contribution in [2.45, 2.75) is 26.4 Å². The first kappa shape index (κ1) is 13.1. The lowest BCUT2D eigenvalue weighted by atomic mass is 10.2. The fourth-order valence-electron chi connectivity index (χ4n) is 1.49.